The van der Waals surface area contributed by atoms with Gasteiger partial charge in [-0.1, -0.05) is 12.1 Å². The summed E-state index contributed by atoms with van der Waals surface area (Å²) in [6.07, 6.45) is 0. The molecule has 0 unspecified atom stereocenters. The Morgan fingerprint density at radius 2 is 1.95 bits per heavy atom. The van der Waals surface area contributed by atoms with Crippen LogP contribution in [0.15, 0.2) is 42.5 Å². The van der Waals surface area contributed by atoms with Gasteiger partial charge < -0.3 is 15.2 Å². The number of nitro benzene ring substituents is 1. The Labute approximate surface area is 122 Å². The molecule has 2 aromatic carbocycles. The largest absolute Gasteiger partial charge is 0.508 e. The normalized spacial score (nSPS) is 10.3. The van der Waals surface area contributed by atoms with Crippen molar-refractivity contribution in [3.8, 4) is 11.5 Å². The second-order valence-corrected chi connectivity index (χ2v) is 4.53. The van der Waals surface area contributed by atoms with Gasteiger partial charge in [-0.3, -0.25) is 10.1 Å². The van der Waals surface area contributed by atoms with Crippen molar-refractivity contribution in [2.45, 2.75) is 13.2 Å². The number of nitrogens with one attached hydrogen (secondary N) is 1. The fourth-order valence-electron chi connectivity index (χ4n) is 1.90. The fraction of sp³-hybridized carbons (Fsp3) is 0.200. The standard InChI is InChI=1S/C15H16N2O4/c1-16-9-12-8-13(17(19)20)4-7-15(12)21-10-11-2-5-14(18)6-3-11/h2-8,16,18H,9-10H2,1H3. The second-order valence-electron chi connectivity index (χ2n) is 4.53. The molecule has 2 N–H and O–H groups in total. The maximum absolute atomic E-state index is 10.8. The van der Waals surface area contributed by atoms with Gasteiger partial charge in [0.25, 0.3) is 5.69 Å². The van der Waals surface area contributed by atoms with Crippen molar-refractivity contribution in [1.82, 2.24) is 5.32 Å². The summed E-state index contributed by atoms with van der Waals surface area (Å²) in [4.78, 5) is 10.4. The first-order valence-electron chi connectivity index (χ1n) is 6.43. The van der Waals surface area contributed by atoms with Gasteiger partial charge in [0.2, 0.25) is 0 Å². The highest BCUT2D eigenvalue weighted by atomic mass is 16.6. The Morgan fingerprint density at radius 3 is 2.57 bits per heavy atom. The van der Waals surface area contributed by atoms with Crippen molar-refractivity contribution >= 4 is 5.69 Å². The second kappa shape index (κ2) is 6.71. The van der Waals surface area contributed by atoms with E-state index in [1.54, 1.807) is 37.4 Å². The molecule has 0 heterocycles. The number of ether oxygens (including phenoxy) is 1. The molecule has 0 saturated heterocycles. The SMILES string of the molecule is CNCc1cc([N+](=O)[O-])ccc1OCc1ccc(O)cc1. The molecule has 0 aliphatic carbocycles. The lowest BCUT2D eigenvalue weighted by Gasteiger charge is -2.11. The zero-order valence-electron chi connectivity index (χ0n) is 11.6. The van der Waals surface area contributed by atoms with Crippen LogP contribution in [0.1, 0.15) is 11.1 Å². The molecule has 0 aliphatic heterocycles. The van der Waals surface area contributed by atoms with Crippen molar-refractivity contribution in [3.63, 3.8) is 0 Å². The number of nitrogens with zero attached hydrogens (tertiary/aromatic N) is 1. The molecule has 0 aliphatic rings. The zero-order chi connectivity index (χ0) is 15.2. The highest BCUT2D eigenvalue weighted by Crippen LogP contribution is 2.25. The molecule has 6 heteroatoms. The van der Waals surface area contributed by atoms with Gasteiger partial charge in [0.05, 0.1) is 4.92 Å². The average molecular weight is 288 g/mol. The van der Waals surface area contributed by atoms with Gasteiger partial charge in [-0.05, 0) is 30.8 Å². The highest BCUT2D eigenvalue weighted by molar-refractivity contribution is 5.44. The molecule has 0 radical (unpaired) electrons. The van der Waals surface area contributed by atoms with Gasteiger partial charge in [0.15, 0.2) is 0 Å². The van der Waals surface area contributed by atoms with Gasteiger partial charge >= 0.3 is 0 Å². The van der Waals surface area contributed by atoms with E-state index in [2.05, 4.69) is 5.32 Å². The Kier molecular flexibility index (Phi) is 4.73. The molecular weight excluding hydrogens is 272 g/mol. The molecule has 0 amide bonds. The number of phenolic OH excluding ortho intramolecular Hbond substituents is 1. The van der Waals surface area contributed by atoms with Crippen molar-refractivity contribution in [1.29, 1.82) is 0 Å². The molecule has 0 fully saturated rings. The zero-order valence-corrected chi connectivity index (χ0v) is 11.6. The summed E-state index contributed by atoms with van der Waals surface area (Å²) in [7, 11) is 1.77. The number of aromatic hydroxyl groups is 1. The number of benzene rings is 2. The summed E-state index contributed by atoms with van der Waals surface area (Å²) in [5, 5.41) is 23.0. The number of hydrogen-bond acceptors (Lipinski definition) is 5. The monoisotopic (exact) mass is 288 g/mol. The Hall–Kier alpha value is -2.60. The number of non-ortho nitro benzene ring substituents is 1. The maximum Gasteiger partial charge on any atom is 0.270 e. The van der Waals surface area contributed by atoms with Crippen molar-refractivity contribution in [3.05, 3.63) is 63.7 Å². The van der Waals surface area contributed by atoms with Crippen LogP contribution in [0, 0.1) is 10.1 Å². The topological polar surface area (TPSA) is 84.6 Å². The quantitative estimate of drug-likeness (QED) is 0.630. The van der Waals surface area contributed by atoms with E-state index >= 15 is 0 Å². The van der Waals surface area contributed by atoms with E-state index < -0.39 is 4.92 Å². The summed E-state index contributed by atoms with van der Waals surface area (Å²) in [5.41, 5.74) is 1.67. The van der Waals surface area contributed by atoms with Gasteiger partial charge in [0, 0.05) is 24.2 Å². The van der Waals surface area contributed by atoms with E-state index in [1.165, 1.54) is 12.1 Å². The van der Waals surface area contributed by atoms with Crippen LogP contribution in [0.3, 0.4) is 0 Å². The molecule has 6 nitrogen and oxygen atoms in total. The first-order chi connectivity index (χ1) is 10.1. The predicted molar refractivity (Wildman–Crippen MR) is 78.3 cm³/mol. The lowest BCUT2D eigenvalue weighted by Crippen LogP contribution is -2.08. The number of hydrogen-bond donors (Lipinski definition) is 2. The molecule has 21 heavy (non-hydrogen) atoms. The van der Waals surface area contributed by atoms with Gasteiger partial charge in [-0.25, -0.2) is 0 Å². The van der Waals surface area contributed by atoms with Crippen LogP contribution in [0.4, 0.5) is 5.69 Å². The molecule has 0 atom stereocenters. The predicted octanol–water partition coefficient (Wildman–Crippen LogP) is 2.60. The van der Waals surface area contributed by atoms with Crippen LogP contribution in [0.5, 0.6) is 11.5 Å². The molecule has 0 saturated carbocycles. The minimum absolute atomic E-state index is 0.0391. The summed E-state index contributed by atoms with van der Waals surface area (Å²) in [6.45, 7) is 0.807. The van der Waals surface area contributed by atoms with Crippen molar-refractivity contribution in [2.24, 2.45) is 0 Å². The van der Waals surface area contributed by atoms with Crippen molar-refractivity contribution in [2.75, 3.05) is 7.05 Å². The van der Waals surface area contributed by atoms with Crippen LogP contribution < -0.4 is 10.1 Å². The first kappa shape index (κ1) is 14.8. The fourth-order valence-corrected chi connectivity index (χ4v) is 1.90. The lowest BCUT2D eigenvalue weighted by molar-refractivity contribution is -0.384. The minimum Gasteiger partial charge on any atom is -0.508 e. The van der Waals surface area contributed by atoms with E-state index in [4.69, 9.17) is 4.74 Å². The summed E-state index contributed by atoms with van der Waals surface area (Å²) in [5.74, 6) is 0.799. The minimum atomic E-state index is -0.428. The molecular formula is C15H16N2O4. The average Bonchev–Trinajstić information content (AvgIpc) is 2.47. The number of nitro groups is 1. The van der Waals surface area contributed by atoms with Crippen LogP contribution in [-0.2, 0) is 13.2 Å². The van der Waals surface area contributed by atoms with E-state index in [1.807, 2.05) is 0 Å². The highest BCUT2D eigenvalue weighted by Gasteiger charge is 2.11. The maximum atomic E-state index is 10.8. The van der Waals surface area contributed by atoms with Gasteiger partial charge in [0.1, 0.15) is 18.1 Å². The molecule has 0 bridgehead atoms. The Bertz CT molecular complexity index is 626. The number of phenols is 1. The van der Waals surface area contributed by atoms with Crippen LogP contribution >= 0.6 is 0 Å². The smallest absolute Gasteiger partial charge is 0.270 e. The summed E-state index contributed by atoms with van der Waals surface area (Å²) < 4.78 is 5.71. The molecule has 2 aromatic rings. The third kappa shape index (κ3) is 3.93. The van der Waals surface area contributed by atoms with E-state index in [0.29, 0.717) is 18.9 Å². The van der Waals surface area contributed by atoms with E-state index in [9.17, 15) is 15.2 Å². The summed E-state index contributed by atoms with van der Waals surface area (Å²) in [6, 6.07) is 11.2. The van der Waals surface area contributed by atoms with Gasteiger partial charge in [-0.2, -0.15) is 0 Å². The lowest BCUT2D eigenvalue weighted by atomic mass is 10.1. The van der Waals surface area contributed by atoms with Crippen LogP contribution in [0.2, 0.25) is 0 Å². The van der Waals surface area contributed by atoms with Crippen LogP contribution in [0.25, 0.3) is 0 Å². The molecule has 0 spiro atoms. The third-order valence-electron chi connectivity index (χ3n) is 2.95. The van der Waals surface area contributed by atoms with Gasteiger partial charge in [-0.15, -0.1) is 0 Å². The number of rotatable bonds is 6. The van der Waals surface area contributed by atoms with E-state index in [0.717, 1.165) is 11.1 Å². The van der Waals surface area contributed by atoms with Crippen LogP contribution in [-0.4, -0.2) is 17.1 Å². The molecule has 110 valence electrons. The van der Waals surface area contributed by atoms with E-state index in [-0.39, 0.29) is 11.4 Å². The van der Waals surface area contributed by atoms with Crippen molar-refractivity contribution < 1.29 is 14.8 Å². The molecule has 2 rings (SSSR count). The first-order valence-corrected chi connectivity index (χ1v) is 6.43. The third-order valence-corrected chi connectivity index (χ3v) is 2.95. The molecule has 0 aromatic heterocycles. The Morgan fingerprint density at radius 1 is 1.24 bits per heavy atom. The Balaban J connectivity index is 2.14. The summed E-state index contributed by atoms with van der Waals surface area (Å²) >= 11 is 0.